The summed E-state index contributed by atoms with van der Waals surface area (Å²) in [5.74, 6) is -0.968. The standard InChI is InChI=1S/C20H22FN3O/c1-4-6-14(7-5-2)15-11-23-12-18(19(15)20(22)25)24-17-9-8-13(3)10-16(17)21/h4-11,23-24H,1,12H2,2-3H3,(H2,22,25)/b7-5-,14-6+. The maximum Gasteiger partial charge on any atom is 0.251 e. The summed E-state index contributed by atoms with van der Waals surface area (Å²) in [6.45, 7) is 7.73. The molecular weight excluding hydrogens is 317 g/mol. The summed E-state index contributed by atoms with van der Waals surface area (Å²) in [5.41, 5.74) is 8.99. The number of hydrogen-bond acceptors (Lipinski definition) is 3. The zero-order chi connectivity index (χ0) is 18.4. The van der Waals surface area contributed by atoms with Gasteiger partial charge in [0.25, 0.3) is 5.91 Å². The third-order valence-electron chi connectivity index (χ3n) is 3.71. The van der Waals surface area contributed by atoms with Crippen molar-refractivity contribution >= 4 is 11.6 Å². The van der Waals surface area contributed by atoms with Crippen molar-refractivity contribution in [3.63, 3.8) is 0 Å². The van der Waals surface area contributed by atoms with E-state index in [0.29, 0.717) is 29.1 Å². The molecule has 0 aromatic heterocycles. The van der Waals surface area contributed by atoms with Crippen LogP contribution in [0.3, 0.4) is 0 Å². The Kier molecular flexibility index (Phi) is 5.95. The maximum atomic E-state index is 14.2. The minimum atomic E-state index is -0.581. The number of allylic oxidation sites excluding steroid dienone is 5. The lowest BCUT2D eigenvalue weighted by Gasteiger charge is -2.23. The van der Waals surface area contributed by atoms with Crippen molar-refractivity contribution in [1.29, 1.82) is 0 Å². The van der Waals surface area contributed by atoms with Gasteiger partial charge in [-0.3, -0.25) is 4.79 Å². The van der Waals surface area contributed by atoms with Crippen molar-refractivity contribution < 1.29 is 9.18 Å². The molecule has 130 valence electrons. The molecule has 4 nitrogen and oxygen atoms in total. The lowest BCUT2D eigenvalue weighted by atomic mass is 9.93. The van der Waals surface area contributed by atoms with Crippen LogP contribution in [0.4, 0.5) is 10.1 Å². The van der Waals surface area contributed by atoms with E-state index in [4.69, 9.17) is 5.73 Å². The lowest BCUT2D eigenvalue weighted by Crippen LogP contribution is -2.30. The Labute approximate surface area is 147 Å². The van der Waals surface area contributed by atoms with Crippen molar-refractivity contribution in [2.75, 3.05) is 11.9 Å². The van der Waals surface area contributed by atoms with E-state index in [1.807, 2.05) is 26.0 Å². The highest BCUT2D eigenvalue weighted by Crippen LogP contribution is 2.27. The van der Waals surface area contributed by atoms with Gasteiger partial charge >= 0.3 is 0 Å². The van der Waals surface area contributed by atoms with E-state index >= 15 is 0 Å². The molecule has 0 aliphatic carbocycles. The first kappa shape index (κ1) is 18.3. The smallest absolute Gasteiger partial charge is 0.251 e. The van der Waals surface area contributed by atoms with Crippen LogP contribution >= 0.6 is 0 Å². The number of primary amides is 1. The fourth-order valence-corrected chi connectivity index (χ4v) is 2.62. The molecule has 1 amide bonds. The minimum Gasteiger partial charge on any atom is -0.385 e. The van der Waals surface area contributed by atoms with Gasteiger partial charge in [-0.15, -0.1) is 0 Å². The van der Waals surface area contributed by atoms with Crippen molar-refractivity contribution in [1.82, 2.24) is 5.32 Å². The van der Waals surface area contributed by atoms with Gasteiger partial charge in [0.05, 0.1) is 17.8 Å². The van der Waals surface area contributed by atoms with Gasteiger partial charge in [-0.25, -0.2) is 4.39 Å². The number of nitrogens with one attached hydrogen (secondary N) is 2. The monoisotopic (exact) mass is 339 g/mol. The number of carbonyl (C=O) groups is 1. The molecule has 1 aliphatic heterocycles. The Bertz CT molecular complexity index is 816. The fraction of sp³-hybridized carbons (Fsp3) is 0.150. The van der Waals surface area contributed by atoms with Gasteiger partial charge in [-0.1, -0.05) is 36.9 Å². The van der Waals surface area contributed by atoms with Crippen molar-refractivity contribution in [3.8, 4) is 0 Å². The van der Waals surface area contributed by atoms with Gasteiger partial charge in [-0.05, 0) is 37.1 Å². The molecule has 0 atom stereocenters. The average molecular weight is 339 g/mol. The van der Waals surface area contributed by atoms with Crippen molar-refractivity contribution in [2.24, 2.45) is 5.73 Å². The first-order valence-corrected chi connectivity index (χ1v) is 7.93. The molecule has 0 bridgehead atoms. The summed E-state index contributed by atoms with van der Waals surface area (Å²) in [5, 5.41) is 6.10. The second-order valence-electron chi connectivity index (χ2n) is 5.62. The number of aryl methyl sites for hydroxylation is 1. The van der Waals surface area contributed by atoms with E-state index in [2.05, 4.69) is 17.2 Å². The Hall–Kier alpha value is -3.08. The topological polar surface area (TPSA) is 67.2 Å². The SMILES string of the molecule is C=C/C=C(\C=C/C)C1=CNCC(Nc2ccc(C)cc2F)=C1C(N)=O. The van der Waals surface area contributed by atoms with Crippen LogP contribution in [0.2, 0.25) is 0 Å². The Morgan fingerprint density at radius 3 is 2.80 bits per heavy atom. The molecule has 0 spiro atoms. The van der Waals surface area contributed by atoms with E-state index in [1.54, 1.807) is 30.5 Å². The van der Waals surface area contributed by atoms with Crippen LogP contribution in [0.15, 0.2) is 77.7 Å². The molecule has 0 radical (unpaired) electrons. The fourth-order valence-electron chi connectivity index (χ4n) is 2.62. The van der Waals surface area contributed by atoms with Gasteiger partial charge < -0.3 is 16.4 Å². The molecule has 2 rings (SSSR count). The first-order valence-electron chi connectivity index (χ1n) is 7.93. The van der Waals surface area contributed by atoms with E-state index in [1.165, 1.54) is 6.07 Å². The Morgan fingerprint density at radius 1 is 1.44 bits per heavy atom. The van der Waals surface area contributed by atoms with E-state index in [0.717, 1.165) is 11.1 Å². The number of halogens is 1. The third kappa shape index (κ3) is 4.26. The number of dihydropyridines is 1. The largest absolute Gasteiger partial charge is 0.385 e. The number of benzene rings is 1. The lowest BCUT2D eigenvalue weighted by molar-refractivity contribution is -0.114. The minimum absolute atomic E-state index is 0.294. The molecule has 0 saturated carbocycles. The van der Waals surface area contributed by atoms with Crippen molar-refractivity contribution in [2.45, 2.75) is 13.8 Å². The number of hydrogen-bond donors (Lipinski definition) is 3. The quantitative estimate of drug-likeness (QED) is 0.695. The van der Waals surface area contributed by atoms with Gasteiger partial charge in [0, 0.05) is 17.5 Å². The van der Waals surface area contributed by atoms with E-state index in [-0.39, 0.29) is 5.82 Å². The number of rotatable bonds is 6. The molecule has 1 aromatic rings. The first-order chi connectivity index (χ1) is 12.0. The highest BCUT2D eigenvalue weighted by Gasteiger charge is 2.23. The van der Waals surface area contributed by atoms with Crippen LogP contribution in [0.5, 0.6) is 0 Å². The second kappa shape index (κ2) is 8.15. The predicted octanol–water partition coefficient (Wildman–Crippen LogP) is 3.46. The van der Waals surface area contributed by atoms with E-state index < -0.39 is 5.91 Å². The van der Waals surface area contributed by atoms with Crippen LogP contribution in [-0.2, 0) is 4.79 Å². The summed E-state index contributed by atoms with van der Waals surface area (Å²) in [4.78, 5) is 12.1. The molecule has 1 aliphatic rings. The number of carbonyl (C=O) groups excluding carboxylic acids is 1. The summed E-state index contributed by atoms with van der Waals surface area (Å²) in [6, 6.07) is 4.87. The highest BCUT2D eigenvalue weighted by molar-refractivity contribution is 6.00. The molecule has 0 fully saturated rings. The number of amides is 1. The molecule has 5 heteroatoms. The predicted molar refractivity (Wildman–Crippen MR) is 100 cm³/mol. The summed E-state index contributed by atoms with van der Waals surface area (Å²) in [7, 11) is 0. The molecule has 25 heavy (non-hydrogen) atoms. The van der Waals surface area contributed by atoms with Gasteiger partial charge in [0.2, 0.25) is 0 Å². The summed E-state index contributed by atoms with van der Waals surface area (Å²) < 4.78 is 14.2. The molecular formula is C20H22FN3O. The zero-order valence-electron chi connectivity index (χ0n) is 14.4. The maximum absolute atomic E-state index is 14.2. The Balaban J connectivity index is 2.51. The van der Waals surface area contributed by atoms with Crippen LogP contribution in [0, 0.1) is 12.7 Å². The van der Waals surface area contributed by atoms with Crippen LogP contribution in [0.25, 0.3) is 0 Å². The summed E-state index contributed by atoms with van der Waals surface area (Å²) >= 11 is 0. The third-order valence-corrected chi connectivity index (χ3v) is 3.71. The number of nitrogens with two attached hydrogens (primary N) is 1. The normalized spacial score (nSPS) is 15.0. The van der Waals surface area contributed by atoms with Gasteiger partial charge in [0.1, 0.15) is 5.82 Å². The van der Waals surface area contributed by atoms with Gasteiger partial charge in [-0.2, -0.15) is 0 Å². The average Bonchev–Trinajstić information content (AvgIpc) is 2.57. The molecule has 0 unspecified atom stereocenters. The van der Waals surface area contributed by atoms with Crippen LogP contribution in [-0.4, -0.2) is 12.5 Å². The highest BCUT2D eigenvalue weighted by atomic mass is 19.1. The molecule has 4 N–H and O–H groups in total. The summed E-state index contributed by atoms with van der Waals surface area (Å²) in [6.07, 6.45) is 8.86. The Morgan fingerprint density at radius 2 is 2.20 bits per heavy atom. The molecule has 0 saturated heterocycles. The zero-order valence-corrected chi connectivity index (χ0v) is 14.4. The van der Waals surface area contributed by atoms with E-state index in [9.17, 15) is 9.18 Å². The second-order valence-corrected chi connectivity index (χ2v) is 5.62. The van der Waals surface area contributed by atoms with Crippen molar-refractivity contribution in [3.05, 3.63) is 89.1 Å². The van der Waals surface area contributed by atoms with Gasteiger partial charge in [0.15, 0.2) is 0 Å². The molecule has 1 heterocycles. The molecule has 1 aromatic carbocycles. The van der Waals surface area contributed by atoms with Crippen LogP contribution in [0.1, 0.15) is 12.5 Å². The number of anilines is 1. The van der Waals surface area contributed by atoms with Crippen LogP contribution < -0.4 is 16.4 Å².